The summed E-state index contributed by atoms with van der Waals surface area (Å²) < 4.78 is 0. The predicted molar refractivity (Wildman–Crippen MR) is 89.3 cm³/mol. The lowest BCUT2D eigenvalue weighted by atomic mass is 9.71. The molecule has 0 amide bonds. The highest BCUT2D eigenvalue weighted by Gasteiger charge is 2.44. The Balaban J connectivity index is 1.96. The Morgan fingerprint density at radius 2 is 2.05 bits per heavy atom. The number of hydrogen-bond acceptors (Lipinski definition) is 2. The Bertz CT molecular complexity index is 496. The fraction of sp³-hybridized carbons (Fsp3) is 0.684. The van der Waals surface area contributed by atoms with Crippen molar-refractivity contribution < 1.29 is 0 Å². The molecular weight excluding hydrogens is 256 g/mol. The second kappa shape index (κ2) is 5.73. The van der Waals surface area contributed by atoms with Crippen molar-refractivity contribution in [3.05, 3.63) is 35.4 Å². The fourth-order valence-corrected chi connectivity index (χ4v) is 4.49. The van der Waals surface area contributed by atoms with Gasteiger partial charge in [0.15, 0.2) is 0 Å². The molecule has 2 aliphatic rings. The van der Waals surface area contributed by atoms with E-state index in [2.05, 4.69) is 49.9 Å². The van der Waals surface area contributed by atoms with Gasteiger partial charge in [0.1, 0.15) is 0 Å². The maximum absolute atomic E-state index is 6.36. The van der Waals surface area contributed by atoms with Crippen LogP contribution in [-0.2, 0) is 5.54 Å². The summed E-state index contributed by atoms with van der Waals surface area (Å²) in [5.74, 6) is 2.28. The number of nitrogens with two attached hydrogens (primary N) is 1. The van der Waals surface area contributed by atoms with Crippen molar-refractivity contribution in [2.45, 2.75) is 51.5 Å². The fourth-order valence-electron chi connectivity index (χ4n) is 4.49. The molecule has 2 N–H and O–H groups in total. The molecule has 116 valence electrons. The van der Waals surface area contributed by atoms with Gasteiger partial charge >= 0.3 is 0 Å². The molecule has 21 heavy (non-hydrogen) atoms. The number of benzene rings is 1. The first kappa shape index (κ1) is 15.1. The smallest absolute Gasteiger partial charge is 0.0586 e. The zero-order valence-corrected chi connectivity index (χ0v) is 13.8. The SMILES string of the molecule is CC1CCC(CN)(N2CCC(C(C)C)C2)c2ccccc21. The van der Waals surface area contributed by atoms with Gasteiger partial charge in [-0.1, -0.05) is 45.0 Å². The van der Waals surface area contributed by atoms with Crippen molar-refractivity contribution in [1.82, 2.24) is 4.90 Å². The average Bonchev–Trinajstić information content (AvgIpc) is 2.99. The van der Waals surface area contributed by atoms with E-state index >= 15 is 0 Å². The zero-order chi connectivity index (χ0) is 15.0. The maximum atomic E-state index is 6.36. The molecule has 2 heteroatoms. The number of nitrogens with zero attached hydrogens (tertiary/aromatic N) is 1. The van der Waals surface area contributed by atoms with Gasteiger partial charge in [-0.3, -0.25) is 4.90 Å². The van der Waals surface area contributed by atoms with E-state index in [0.29, 0.717) is 5.92 Å². The first-order valence-corrected chi connectivity index (χ1v) is 8.63. The molecule has 1 saturated heterocycles. The number of fused-ring (bicyclic) bond motifs is 1. The highest BCUT2D eigenvalue weighted by Crippen LogP contribution is 2.46. The number of hydrogen-bond donors (Lipinski definition) is 1. The lowest BCUT2D eigenvalue weighted by Gasteiger charge is -2.47. The monoisotopic (exact) mass is 286 g/mol. The van der Waals surface area contributed by atoms with Gasteiger partial charge in [0.25, 0.3) is 0 Å². The molecule has 0 radical (unpaired) electrons. The molecule has 1 fully saturated rings. The predicted octanol–water partition coefficient (Wildman–Crippen LogP) is 3.72. The Morgan fingerprint density at radius 1 is 1.29 bits per heavy atom. The summed E-state index contributed by atoms with van der Waals surface area (Å²) in [5, 5.41) is 0. The zero-order valence-electron chi connectivity index (χ0n) is 13.8. The Kier molecular flexibility index (Phi) is 4.11. The maximum Gasteiger partial charge on any atom is 0.0586 e. The van der Waals surface area contributed by atoms with Gasteiger partial charge in [0.2, 0.25) is 0 Å². The molecule has 0 spiro atoms. The highest BCUT2D eigenvalue weighted by molar-refractivity contribution is 5.39. The van der Waals surface area contributed by atoms with Crippen LogP contribution in [0.4, 0.5) is 0 Å². The summed E-state index contributed by atoms with van der Waals surface area (Å²) >= 11 is 0. The second-order valence-electron chi connectivity index (χ2n) is 7.50. The van der Waals surface area contributed by atoms with Crippen LogP contribution < -0.4 is 5.73 Å². The molecule has 1 aliphatic heterocycles. The van der Waals surface area contributed by atoms with E-state index in [-0.39, 0.29) is 5.54 Å². The van der Waals surface area contributed by atoms with Crippen LogP contribution in [0.5, 0.6) is 0 Å². The van der Waals surface area contributed by atoms with Gasteiger partial charge in [0.05, 0.1) is 5.54 Å². The quantitative estimate of drug-likeness (QED) is 0.917. The van der Waals surface area contributed by atoms with Crippen LogP contribution in [0, 0.1) is 11.8 Å². The van der Waals surface area contributed by atoms with Crippen molar-refractivity contribution >= 4 is 0 Å². The van der Waals surface area contributed by atoms with E-state index in [9.17, 15) is 0 Å². The van der Waals surface area contributed by atoms with E-state index in [1.807, 2.05) is 0 Å². The van der Waals surface area contributed by atoms with Gasteiger partial charge in [-0.2, -0.15) is 0 Å². The average molecular weight is 286 g/mol. The molecule has 0 aromatic heterocycles. The van der Waals surface area contributed by atoms with Crippen LogP contribution in [0.2, 0.25) is 0 Å². The molecule has 3 unspecified atom stereocenters. The normalized spacial score (nSPS) is 33.4. The molecule has 1 heterocycles. The Morgan fingerprint density at radius 3 is 2.71 bits per heavy atom. The lowest BCUT2D eigenvalue weighted by Crippen LogP contribution is -2.52. The van der Waals surface area contributed by atoms with Crippen molar-refractivity contribution in [1.29, 1.82) is 0 Å². The molecule has 2 nitrogen and oxygen atoms in total. The van der Waals surface area contributed by atoms with Gasteiger partial charge < -0.3 is 5.73 Å². The third kappa shape index (κ3) is 2.43. The molecule has 1 aromatic rings. The van der Waals surface area contributed by atoms with E-state index < -0.39 is 0 Å². The molecule has 1 aromatic carbocycles. The minimum atomic E-state index is 0.0900. The topological polar surface area (TPSA) is 29.3 Å². The van der Waals surface area contributed by atoms with Crippen molar-refractivity contribution in [3.8, 4) is 0 Å². The number of rotatable bonds is 3. The first-order valence-electron chi connectivity index (χ1n) is 8.63. The van der Waals surface area contributed by atoms with E-state index in [1.165, 1.54) is 43.5 Å². The Hall–Kier alpha value is -0.860. The molecule has 3 atom stereocenters. The lowest BCUT2D eigenvalue weighted by molar-refractivity contribution is 0.0904. The van der Waals surface area contributed by atoms with Crippen molar-refractivity contribution in [2.75, 3.05) is 19.6 Å². The third-order valence-electron chi connectivity index (χ3n) is 6.09. The number of likely N-dealkylation sites (tertiary alicyclic amines) is 1. The largest absolute Gasteiger partial charge is 0.328 e. The summed E-state index contributed by atoms with van der Waals surface area (Å²) in [6.45, 7) is 10.3. The molecule has 0 bridgehead atoms. The van der Waals surface area contributed by atoms with Crippen LogP contribution in [0.1, 0.15) is 57.1 Å². The molecule has 0 saturated carbocycles. The summed E-state index contributed by atoms with van der Waals surface area (Å²) in [7, 11) is 0. The summed E-state index contributed by atoms with van der Waals surface area (Å²) in [6.07, 6.45) is 3.81. The second-order valence-corrected chi connectivity index (χ2v) is 7.50. The standard InChI is InChI=1S/C19H30N2/c1-14(2)16-9-11-21(12-16)19(13-20)10-8-15(3)17-6-4-5-7-18(17)19/h4-7,14-16H,8-13,20H2,1-3H3. The van der Waals surface area contributed by atoms with Crippen molar-refractivity contribution in [2.24, 2.45) is 17.6 Å². The van der Waals surface area contributed by atoms with E-state index in [1.54, 1.807) is 0 Å². The van der Waals surface area contributed by atoms with Gasteiger partial charge in [-0.05, 0) is 54.7 Å². The molecule has 3 rings (SSSR count). The van der Waals surface area contributed by atoms with Crippen LogP contribution in [-0.4, -0.2) is 24.5 Å². The molecule has 1 aliphatic carbocycles. The van der Waals surface area contributed by atoms with Crippen LogP contribution >= 0.6 is 0 Å². The summed E-state index contributed by atoms with van der Waals surface area (Å²) in [5.41, 5.74) is 9.49. The van der Waals surface area contributed by atoms with Crippen molar-refractivity contribution in [3.63, 3.8) is 0 Å². The first-order chi connectivity index (χ1) is 10.1. The Labute approximate surface area is 129 Å². The van der Waals surface area contributed by atoms with Gasteiger partial charge in [-0.15, -0.1) is 0 Å². The summed E-state index contributed by atoms with van der Waals surface area (Å²) in [6, 6.07) is 9.03. The summed E-state index contributed by atoms with van der Waals surface area (Å²) in [4.78, 5) is 2.71. The minimum absolute atomic E-state index is 0.0900. The molecular formula is C19H30N2. The van der Waals surface area contributed by atoms with Gasteiger partial charge in [-0.25, -0.2) is 0 Å². The van der Waals surface area contributed by atoms with Crippen LogP contribution in [0.3, 0.4) is 0 Å². The third-order valence-corrected chi connectivity index (χ3v) is 6.09. The van der Waals surface area contributed by atoms with E-state index in [0.717, 1.165) is 18.4 Å². The van der Waals surface area contributed by atoms with Crippen LogP contribution in [0.15, 0.2) is 24.3 Å². The minimum Gasteiger partial charge on any atom is -0.328 e. The van der Waals surface area contributed by atoms with E-state index in [4.69, 9.17) is 5.73 Å². The van der Waals surface area contributed by atoms with Crippen LogP contribution in [0.25, 0.3) is 0 Å². The van der Waals surface area contributed by atoms with Gasteiger partial charge in [0, 0.05) is 13.1 Å². The highest BCUT2D eigenvalue weighted by atomic mass is 15.2.